The van der Waals surface area contributed by atoms with Crippen molar-refractivity contribution in [2.75, 3.05) is 45.2 Å². The SMILES string of the molecule is C=NN(CC(=O)Nc1ccc(C(F)(F)F)cc1Cl)C(=O)C1=C(NN(C)CC2=CCOCC2)CCC12CCC(C)N(C(=O)c1ncccc1O)CC2. The molecule has 2 atom stereocenters. The minimum Gasteiger partial charge on any atom is -0.505 e. The Morgan fingerprint density at radius 2 is 2.00 bits per heavy atom. The molecule has 16 heteroatoms. The molecule has 2 aliphatic heterocycles. The Bertz CT molecular complexity index is 1740. The Balaban J connectivity index is 1.41. The number of halogens is 4. The summed E-state index contributed by atoms with van der Waals surface area (Å²) in [5.74, 6) is -1.94. The van der Waals surface area contributed by atoms with Crippen LogP contribution < -0.4 is 10.7 Å². The highest BCUT2D eigenvalue weighted by atomic mass is 35.5. The van der Waals surface area contributed by atoms with Crippen molar-refractivity contribution in [2.24, 2.45) is 10.5 Å². The third-order valence-corrected chi connectivity index (χ3v) is 9.96. The fourth-order valence-electron chi connectivity index (χ4n) is 6.94. The molecule has 274 valence electrons. The Labute approximate surface area is 298 Å². The maximum atomic E-state index is 14.5. The molecule has 2 aromatic rings. The van der Waals surface area contributed by atoms with Crippen LogP contribution in [0.15, 0.2) is 64.5 Å². The highest BCUT2D eigenvalue weighted by Gasteiger charge is 2.48. The summed E-state index contributed by atoms with van der Waals surface area (Å²) in [6.45, 7) is 6.88. The molecule has 51 heavy (non-hydrogen) atoms. The van der Waals surface area contributed by atoms with Crippen LogP contribution in [0.4, 0.5) is 18.9 Å². The van der Waals surface area contributed by atoms with Gasteiger partial charge < -0.3 is 25.5 Å². The molecule has 3 N–H and O–H groups in total. The van der Waals surface area contributed by atoms with Crippen LogP contribution in [0.1, 0.15) is 61.5 Å². The molecule has 1 fully saturated rings. The van der Waals surface area contributed by atoms with Gasteiger partial charge in [0.2, 0.25) is 5.91 Å². The monoisotopic (exact) mass is 731 g/mol. The Morgan fingerprint density at radius 1 is 1.22 bits per heavy atom. The lowest BCUT2D eigenvalue weighted by Gasteiger charge is -2.33. The van der Waals surface area contributed by atoms with Gasteiger partial charge in [-0.15, -0.1) is 0 Å². The highest BCUT2D eigenvalue weighted by molar-refractivity contribution is 6.33. The number of anilines is 1. The quantitative estimate of drug-likeness (QED) is 0.168. The summed E-state index contributed by atoms with van der Waals surface area (Å²) >= 11 is 6.05. The van der Waals surface area contributed by atoms with E-state index in [1.807, 2.05) is 25.1 Å². The summed E-state index contributed by atoms with van der Waals surface area (Å²) < 4.78 is 44.8. The topological polar surface area (TPSA) is 140 Å². The van der Waals surface area contributed by atoms with Gasteiger partial charge in [0.15, 0.2) is 5.69 Å². The first-order valence-electron chi connectivity index (χ1n) is 16.6. The van der Waals surface area contributed by atoms with Gasteiger partial charge in [0.1, 0.15) is 12.3 Å². The number of aromatic hydroxyl groups is 1. The van der Waals surface area contributed by atoms with E-state index in [9.17, 15) is 32.7 Å². The molecule has 3 heterocycles. The van der Waals surface area contributed by atoms with Crippen LogP contribution >= 0.6 is 11.6 Å². The smallest absolute Gasteiger partial charge is 0.416 e. The number of likely N-dealkylation sites (tertiary alicyclic amines) is 1. The number of carbonyl (C=O) groups is 3. The highest BCUT2D eigenvalue weighted by Crippen LogP contribution is 2.51. The molecular weight excluding hydrogens is 691 g/mol. The van der Waals surface area contributed by atoms with E-state index in [2.05, 4.69) is 27.5 Å². The van der Waals surface area contributed by atoms with Crippen LogP contribution in [0.2, 0.25) is 5.02 Å². The number of benzene rings is 1. The van der Waals surface area contributed by atoms with E-state index < -0.39 is 41.4 Å². The first-order chi connectivity index (χ1) is 24.2. The molecule has 1 saturated heterocycles. The normalized spacial score (nSPS) is 21.0. The number of carbonyl (C=O) groups excluding carboxylic acids is 3. The number of amides is 3. The van der Waals surface area contributed by atoms with Gasteiger partial charge in [-0.25, -0.2) is 15.0 Å². The van der Waals surface area contributed by atoms with Crippen LogP contribution in [0.3, 0.4) is 0 Å². The van der Waals surface area contributed by atoms with Gasteiger partial charge in [-0.1, -0.05) is 23.3 Å². The van der Waals surface area contributed by atoms with Crippen molar-refractivity contribution < 1.29 is 37.4 Å². The maximum Gasteiger partial charge on any atom is 0.416 e. The molecule has 1 aromatic carbocycles. The minimum atomic E-state index is -4.62. The zero-order chi connectivity index (χ0) is 36.9. The number of likely N-dealkylation sites (N-methyl/N-ethyl adjacent to an activating group) is 1. The minimum absolute atomic E-state index is 0.0499. The number of allylic oxidation sites excluding steroid dienone is 1. The van der Waals surface area contributed by atoms with E-state index in [1.165, 1.54) is 23.9 Å². The van der Waals surface area contributed by atoms with Crippen molar-refractivity contribution in [1.82, 2.24) is 25.3 Å². The molecule has 3 aliphatic rings. The van der Waals surface area contributed by atoms with Crippen LogP contribution in [-0.2, 0) is 20.5 Å². The molecular formula is C35H41ClF3N7O5. The lowest BCUT2D eigenvalue weighted by Crippen LogP contribution is -2.42. The number of nitrogens with zero attached hydrogens (tertiary/aromatic N) is 5. The molecule has 1 aromatic heterocycles. The summed E-state index contributed by atoms with van der Waals surface area (Å²) in [7, 11) is 1.87. The molecule has 1 spiro atoms. The molecule has 0 bridgehead atoms. The van der Waals surface area contributed by atoms with Gasteiger partial charge in [-0.05, 0) is 75.8 Å². The molecule has 1 aliphatic carbocycles. The van der Waals surface area contributed by atoms with E-state index in [0.717, 1.165) is 23.6 Å². The zero-order valence-corrected chi connectivity index (χ0v) is 29.2. The van der Waals surface area contributed by atoms with E-state index in [-0.39, 0.29) is 34.7 Å². The van der Waals surface area contributed by atoms with Crippen molar-refractivity contribution in [3.63, 3.8) is 0 Å². The second-order valence-electron chi connectivity index (χ2n) is 13.0. The van der Waals surface area contributed by atoms with Gasteiger partial charge in [-0.3, -0.25) is 14.4 Å². The second-order valence-corrected chi connectivity index (χ2v) is 13.4. The number of nitrogens with one attached hydrogen (secondary N) is 2. The number of hydrogen-bond acceptors (Lipinski definition) is 9. The number of pyridine rings is 1. The number of hydrazone groups is 1. The van der Waals surface area contributed by atoms with E-state index in [4.69, 9.17) is 16.3 Å². The molecule has 2 unspecified atom stereocenters. The van der Waals surface area contributed by atoms with Gasteiger partial charge >= 0.3 is 6.18 Å². The number of rotatable bonds is 10. The third-order valence-electron chi connectivity index (χ3n) is 9.65. The fourth-order valence-corrected chi connectivity index (χ4v) is 7.17. The van der Waals surface area contributed by atoms with Crippen LogP contribution in [0.5, 0.6) is 5.75 Å². The Kier molecular flexibility index (Phi) is 11.7. The number of aromatic nitrogens is 1. The summed E-state index contributed by atoms with van der Waals surface area (Å²) in [5.41, 5.74) is 3.89. The zero-order valence-electron chi connectivity index (χ0n) is 28.4. The summed E-state index contributed by atoms with van der Waals surface area (Å²) in [6.07, 6.45) is 2.22. The first-order valence-corrected chi connectivity index (χ1v) is 17.0. The van der Waals surface area contributed by atoms with E-state index in [0.29, 0.717) is 69.2 Å². The molecule has 0 saturated carbocycles. The summed E-state index contributed by atoms with van der Waals surface area (Å²) in [6, 6.07) is 5.26. The average molecular weight is 732 g/mol. The van der Waals surface area contributed by atoms with Crippen molar-refractivity contribution >= 4 is 41.7 Å². The largest absolute Gasteiger partial charge is 0.505 e. The van der Waals surface area contributed by atoms with Gasteiger partial charge in [0.05, 0.1) is 29.5 Å². The van der Waals surface area contributed by atoms with Crippen molar-refractivity contribution in [3.8, 4) is 5.75 Å². The van der Waals surface area contributed by atoms with Crippen LogP contribution in [-0.4, -0.2) is 95.4 Å². The van der Waals surface area contributed by atoms with Crippen LogP contribution in [0, 0.1) is 5.41 Å². The molecule has 12 nitrogen and oxygen atoms in total. The number of ether oxygens (including phenoxy) is 1. The van der Waals surface area contributed by atoms with Crippen molar-refractivity contribution in [2.45, 2.75) is 57.7 Å². The maximum absolute atomic E-state index is 14.5. The molecule has 3 amide bonds. The lowest BCUT2D eigenvalue weighted by molar-refractivity contribution is -0.137. The second kappa shape index (κ2) is 15.8. The van der Waals surface area contributed by atoms with Crippen LogP contribution in [0.25, 0.3) is 0 Å². The van der Waals surface area contributed by atoms with Gasteiger partial charge in [0.25, 0.3) is 11.8 Å². The van der Waals surface area contributed by atoms with Gasteiger partial charge in [0, 0.05) is 55.8 Å². The van der Waals surface area contributed by atoms with Crippen molar-refractivity contribution in [1.29, 1.82) is 0 Å². The number of hydrogen-bond donors (Lipinski definition) is 3. The predicted molar refractivity (Wildman–Crippen MR) is 185 cm³/mol. The number of hydrazine groups is 1. The van der Waals surface area contributed by atoms with E-state index in [1.54, 1.807) is 4.90 Å². The molecule has 0 radical (unpaired) electrons. The predicted octanol–water partition coefficient (Wildman–Crippen LogP) is 5.37. The standard InChI is InChI=1S/C35H41ClF3N7O5/c1-22-8-12-34(14-16-45(22)33(50)31-28(47)5-4-15-41-31)13-9-27(43-44(3)20-23-10-17-51-18-11-23)30(34)32(49)46(40-2)21-29(48)42-26-7-6-24(19-25(26)36)35(37,38)39/h4-7,10,15,19,22,43,47H,2,8-9,11-14,16-18,20-21H2,1,3H3,(H,42,48). The first kappa shape index (κ1) is 37.8. The van der Waals surface area contributed by atoms with Gasteiger partial charge in [-0.2, -0.15) is 18.3 Å². The fraction of sp³-hybridized carbons (Fsp3) is 0.457. The van der Waals surface area contributed by atoms with E-state index >= 15 is 0 Å². The summed E-state index contributed by atoms with van der Waals surface area (Å²) in [5, 5.41) is 19.2. The summed E-state index contributed by atoms with van der Waals surface area (Å²) in [4.78, 5) is 47.0. The number of alkyl halides is 3. The lowest BCUT2D eigenvalue weighted by atomic mass is 9.74. The Hall–Kier alpha value is -4.47. The third kappa shape index (κ3) is 8.71. The van der Waals surface area contributed by atoms with Crippen molar-refractivity contribution in [3.05, 3.63) is 75.7 Å². The Morgan fingerprint density at radius 3 is 2.67 bits per heavy atom. The average Bonchev–Trinajstić information content (AvgIpc) is 3.34. The molecule has 5 rings (SSSR count).